The molecule has 2 rings (SSSR count). The van der Waals surface area contributed by atoms with Gasteiger partial charge in [-0.1, -0.05) is 12.1 Å². The largest absolute Gasteiger partial charge is 0.271 e. The van der Waals surface area contributed by atoms with E-state index in [1.54, 1.807) is 23.1 Å². The fourth-order valence-corrected chi connectivity index (χ4v) is 3.73. The summed E-state index contributed by atoms with van der Waals surface area (Å²) in [5.74, 6) is 5.68. The van der Waals surface area contributed by atoms with E-state index in [-0.39, 0.29) is 6.04 Å². The number of benzene rings is 1. The smallest absolute Gasteiger partial charge is 0.0508 e. The summed E-state index contributed by atoms with van der Waals surface area (Å²) < 4.78 is 1.16. The molecule has 0 spiro atoms. The highest BCUT2D eigenvalue weighted by Gasteiger charge is 2.13. The molecule has 0 radical (unpaired) electrons. The first-order valence-electron chi connectivity index (χ1n) is 5.56. The van der Waals surface area contributed by atoms with Crippen LogP contribution in [0.3, 0.4) is 0 Å². The van der Waals surface area contributed by atoms with Crippen LogP contribution in [0, 0.1) is 0 Å². The molecule has 0 aliphatic carbocycles. The van der Waals surface area contributed by atoms with Gasteiger partial charge in [-0.25, -0.2) is 0 Å². The molecule has 18 heavy (non-hydrogen) atoms. The topological polar surface area (TPSA) is 38.0 Å². The lowest BCUT2D eigenvalue weighted by molar-refractivity contribution is 0.554. The summed E-state index contributed by atoms with van der Waals surface area (Å²) in [4.78, 5) is 2.58. The Morgan fingerprint density at radius 3 is 2.56 bits per heavy atom. The van der Waals surface area contributed by atoms with Crippen molar-refractivity contribution in [1.82, 2.24) is 5.43 Å². The molecule has 5 heteroatoms. The number of thioether (sulfide) groups is 1. The van der Waals surface area contributed by atoms with Gasteiger partial charge in [0.2, 0.25) is 0 Å². The van der Waals surface area contributed by atoms with E-state index in [9.17, 15) is 0 Å². The van der Waals surface area contributed by atoms with Crippen LogP contribution in [0.25, 0.3) is 0 Å². The molecule has 0 aliphatic heterocycles. The highest BCUT2D eigenvalue weighted by atomic mass is 79.9. The van der Waals surface area contributed by atoms with Gasteiger partial charge in [0.1, 0.15) is 0 Å². The van der Waals surface area contributed by atoms with Gasteiger partial charge in [-0.3, -0.25) is 11.3 Å². The van der Waals surface area contributed by atoms with Crippen LogP contribution in [0.5, 0.6) is 0 Å². The normalized spacial score (nSPS) is 12.6. The van der Waals surface area contributed by atoms with Crippen LogP contribution in [0.15, 0.2) is 45.1 Å². The summed E-state index contributed by atoms with van der Waals surface area (Å²) in [5.41, 5.74) is 4.12. The molecular weight excluding hydrogens is 328 g/mol. The molecule has 3 N–H and O–H groups in total. The van der Waals surface area contributed by atoms with Crippen LogP contribution in [-0.2, 0) is 6.42 Å². The third-order valence-corrected chi connectivity index (χ3v) is 5.49. The third kappa shape index (κ3) is 3.36. The average Bonchev–Trinajstić information content (AvgIpc) is 2.81. The van der Waals surface area contributed by atoms with Crippen molar-refractivity contribution in [2.75, 3.05) is 6.26 Å². The van der Waals surface area contributed by atoms with Crippen molar-refractivity contribution in [3.63, 3.8) is 0 Å². The lowest BCUT2D eigenvalue weighted by Gasteiger charge is -2.16. The first kappa shape index (κ1) is 14.1. The molecule has 0 aliphatic rings. The number of hydrogen-bond donors (Lipinski definition) is 2. The van der Waals surface area contributed by atoms with Crippen LogP contribution >= 0.6 is 39.0 Å². The van der Waals surface area contributed by atoms with Crippen LogP contribution in [-0.4, -0.2) is 6.26 Å². The summed E-state index contributed by atoms with van der Waals surface area (Å²) in [6.07, 6.45) is 2.98. The average molecular weight is 343 g/mol. The summed E-state index contributed by atoms with van der Waals surface area (Å²) in [7, 11) is 0. The molecule has 0 bridgehead atoms. The highest BCUT2D eigenvalue weighted by Crippen LogP contribution is 2.28. The first-order valence-corrected chi connectivity index (χ1v) is 8.46. The summed E-state index contributed by atoms with van der Waals surface area (Å²) in [5, 5.41) is 2.09. The Hall–Kier alpha value is -0.330. The number of nitrogens with two attached hydrogens (primary N) is 1. The molecule has 1 aromatic heterocycles. The number of rotatable bonds is 5. The van der Waals surface area contributed by atoms with Gasteiger partial charge in [0.15, 0.2) is 0 Å². The van der Waals surface area contributed by atoms with Crippen LogP contribution in [0.4, 0.5) is 0 Å². The summed E-state index contributed by atoms with van der Waals surface area (Å²) in [6, 6.07) is 10.8. The second kappa shape index (κ2) is 6.73. The maximum atomic E-state index is 5.68. The van der Waals surface area contributed by atoms with Crippen molar-refractivity contribution >= 4 is 39.0 Å². The minimum absolute atomic E-state index is 0.149. The van der Waals surface area contributed by atoms with E-state index in [0.29, 0.717) is 0 Å². The Labute approximate surface area is 124 Å². The summed E-state index contributed by atoms with van der Waals surface area (Å²) >= 11 is 7.05. The lowest BCUT2D eigenvalue weighted by Crippen LogP contribution is -2.29. The molecule has 2 nitrogen and oxygen atoms in total. The molecule has 0 saturated heterocycles. The Morgan fingerprint density at radius 1 is 1.33 bits per heavy atom. The molecule has 1 heterocycles. The van der Waals surface area contributed by atoms with Gasteiger partial charge >= 0.3 is 0 Å². The number of halogens is 1. The molecule has 0 fully saturated rings. The molecular formula is C13H15BrN2S2. The van der Waals surface area contributed by atoms with Crippen molar-refractivity contribution in [2.45, 2.75) is 17.4 Å². The SMILES string of the molecule is CSc1ccc(C(Cc2sccc2Br)NN)cc1. The van der Waals surface area contributed by atoms with E-state index in [0.717, 1.165) is 10.9 Å². The molecule has 0 saturated carbocycles. The Bertz CT molecular complexity index is 496. The van der Waals surface area contributed by atoms with Crippen molar-refractivity contribution in [3.05, 3.63) is 50.6 Å². The van der Waals surface area contributed by atoms with E-state index in [4.69, 9.17) is 5.84 Å². The number of hydrazine groups is 1. The highest BCUT2D eigenvalue weighted by molar-refractivity contribution is 9.10. The monoisotopic (exact) mass is 342 g/mol. The van der Waals surface area contributed by atoms with Crippen LogP contribution in [0.2, 0.25) is 0 Å². The number of thiophene rings is 1. The zero-order chi connectivity index (χ0) is 13.0. The van der Waals surface area contributed by atoms with Crippen LogP contribution in [0.1, 0.15) is 16.5 Å². The minimum atomic E-state index is 0.149. The number of hydrogen-bond acceptors (Lipinski definition) is 4. The minimum Gasteiger partial charge on any atom is -0.271 e. The standard InChI is InChI=1S/C13H15BrN2S2/c1-17-10-4-2-9(3-5-10)12(16-15)8-13-11(14)6-7-18-13/h2-7,12,16H,8,15H2,1H3. The van der Waals surface area contributed by atoms with Gasteiger partial charge in [0.25, 0.3) is 0 Å². The van der Waals surface area contributed by atoms with Gasteiger partial charge in [0.05, 0.1) is 6.04 Å². The second-order valence-electron chi connectivity index (χ2n) is 3.89. The van der Waals surface area contributed by atoms with E-state index >= 15 is 0 Å². The maximum Gasteiger partial charge on any atom is 0.0508 e. The zero-order valence-corrected chi connectivity index (χ0v) is 13.2. The lowest BCUT2D eigenvalue weighted by atomic mass is 10.0. The quantitative estimate of drug-likeness (QED) is 0.490. The molecule has 2 aromatic rings. The third-order valence-electron chi connectivity index (χ3n) is 2.80. The Kier molecular flexibility index (Phi) is 5.26. The predicted molar refractivity (Wildman–Crippen MR) is 84.0 cm³/mol. The van der Waals surface area contributed by atoms with Crippen LogP contribution < -0.4 is 11.3 Å². The molecule has 96 valence electrons. The fourth-order valence-electron chi connectivity index (χ4n) is 1.77. The molecule has 1 aromatic carbocycles. The zero-order valence-electron chi connectivity index (χ0n) is 10.0. The Balaban J connectivity index is 2.15. The van der Waals surface area contributed by atoms with Crippen molar-refractivity contribution in [1.29, 1.82) is 0 Å². The predicted octanol–water partition coefficient (Wildman–Crippen LogP) is 3.98. The van der Waals surface area contributed by atoms with Crippen molar-refractivity contribution in [2.24, 2.45) is 5.84 Å². The Morgan fingerprint density at radius 2 is 2.06 bits per heavy atom. The first-order chi connectivity index (χ1) is 8.74. The van der Waals surface area contributed by atoms with Crippen molar-refractivity contribution < 1.29 is 0 Å². The van der Waals surface area contributed by atoms with E-state index in [1.165, 1.54) is 15.3 Å². The summed E-state index contributed by atoms with van der Waals surface area (Å²) in [6.45, 7) is 0. The molecule has 0 amide bonds. The van der Waals surface area contributed by atoms with Crippen molar-refractivity contribution in [3.8, 4) is 0 Å². The van der Waals surface area contributed by atoms with Gasteiger partial charge in [-0.2, -0.15) is 0 Å². The van der Waals surface area contributed by atoms with E-state index in [1.807, 2.05) is 0 Å². The second-order valence-corrected chi connectivity index (χ2v) is 6.62. The van der Waals surface area contributed by atoms with Gasteiger partial charge < -0.3 is 0 Å². The van der Waals surface area contributed by atoms with E-state index in [2.05, 4.69) is 63.3 Å². The maximum absolute atomic E-state index is 5.68. The fraction of sp³-hybridized carbons (Fsp3) is 0.231. The van der Waals surface area contributed by atoms with Gasteiger partial charge in [-0.05, 0) is 51.3 Å². The molecule has 1 atom stereocenters. The number of nitrogens with one attached hydrogen (secondary N) is 1. The van der Waals surface area contributed by atoms with E-state index < -0.39 is 0 Å². The molecule has 1 unspecified atom stereocenters. The van der Waals surface area contributed by atoms with Gasteiger partial charge in [-0.15, -0.1) is 23.1 Å². The van der Waals surface area contributed by atoms with Gasteiger partial charge in [0, 0.05) is 20.7 Å².